The SMILES string of the molecule is CCCc1cc(F)c(OC)cc1C(C)C. The van der Waals surface area contributed by atoms with E-state index in [9.17, 15) is 4.39 Å². The van der Waals surface area contributed by atoms with E-state index in [4.69, 9.17) is 4.74 Å². The molecule has 0 spiro atoms. The molecule has 84 valence electrons. The fraction of sp³-hybridized carbons (Fsp3) is 0.538. The van der Waals surface area contributed by atoms with Crippen LogP contribution in [0.2, 0.25) is 0 Å². The molecule has 0 saturated carbocycles. The van der Waals surface area contributed by atoms with E-state index in [1.807, 2.05) is 6.07 Å². The zero-order valence-electron chi connectivity index (χ0n) is 9.93. The van der Waals surface area contributed by atoms with E-state index in [0.717, 1.165) is 18.4 Å². The number of methoxy groups -OCH3 is 1. The number of benzene rings is 1. The molecule has 0 heterocycles. The lowest BCUT2D eigenvalue weighted by atomic mass is 9.94. The van der Waals surface area contributed by atoms with Crippen LogP contribution in [0.25, 0.3) is 0 Å². The maximum atomic E-state index is 13.5. The van der Waals surface area contributed by atoms with E-state index in [0.29, 0.717) is 11.7 Å². The van der Waals surface area contributed by atoms with E-state index >= 15 is 0 Å². The standard InChI is InChI=1S/C13H19FO/c1-5-6-10-7-12(14)13(15-4)8-11(10)9(2)3/h7-9H,5-6H2,1-4H3. The monoisotopic (exact) mass is 210 g/mol. The molecular formula is C13H19FO. The van der Waals surface area contributed by atoms with Crippen LogP contribution in [0.3, 0.4) is 0 Å². The Kier molecular flexibility index (Phi) is 4.13. The third kappa shape index (κ3) is 2.71. The summed E-state index contributed by atoms with van der Waals surface area (Å²) in [6.07, 6.45) is 1.96. The molecule has 0 atom stereocenters. The molecule has 2 heteroatoms. The van der Waals surface area contributed by atoms with Crippen molar-refractivity contribution >= 4 is 0 Å². The Balaban J connectivity index is 3.19. The fourth-order valence-corrected chi connectivity index (χ4v) is 1.79. The van der Waals surface area contributed by atoms with Gasteiger partial charge in [-0.15, -0.1) is 0 Å². The second kappa shape index (κ2) is 5.15. The van der Waals surface area contributed by atoms with Gasteiger partial charge in [-0.05, 0) is 35.6 Å². The Hall–Kier alpha value is -1.05. The predicted octanol–water partition coefficient (Wildman–Crippen LogP) is 3.91. The first kappa shape index (κ1) is 12.0. The van der Waals surface area contributed by atoms with Crippen LogP contribution in [0.1, 0.15) is 44.2 Å². The highest BCUT2D eigenvalue weighted by atomic mass is 19.1. The van der Waals surface area contributed by atoms with Crippen molar-refractivity contribution < 1.29 is 9.13 Å². The van der Waals surface area contributed by atoms with Crippen LogP contribution < -0.4 is 4.74 Å². The molecule has 15 heavy (non-hydrogen) atoms. The summed E-state index contributed by atoms with van der Waals surface area (Å²) in [7, 11) is 1.50. The smallest absolute Gasteiger partial charge is 0.165 e. The van der Waals surface area contributed by atoms with Crippen LogP contribution in [-0.2, 0) is 6.42 Å². The average molecular weight is 210 g/mol. The van der Waals surface area contributed by atoms with Crippen molar-refractivity contribution in [3.05, 3.63) is 29.1 Å². The molecule has 1 rings (SSSR count). The first-order chi connectivity index (χ1) is 7.10. The third-order valence-corrected chi connectivity index (χ3v) is 2.55. The minimum absolute atomic E-state index is 0.259. The van der Waals surface area contributed by atoms with Gasteiger partial charge in [0, 0.05) is 0 Å². The van der Waals surface area contributed by atoms with E-state index in [-0.39, 0.29) is 5.82 Å². The van der Waals surface area contributed by atoms with E-state index in [1.54, 1.807) is 6.07 Å². The van der Waals surface area contributed by atoms with Crippen molar-refractivity contribution in [2.24, 2.45) is 0 Å². The maximum Gasteiger partial charge on any atom is 0.165 e. The van der Waals surface area contributed by atoms with Crippen LogP contribution in [0, 0.1) is 5.82 Å². The van der Waals surface area contributed by atoms with Gasteiger partial charge in [0.2, 0.25) is 0 Å². The van der Waals surface area contributed by atoms with Crippen LogP contribution in [0.5, 0.6) is 5.75 Å². The highest BCUT2D eigenvalue weighted by molar-refractivity contribution is 5.38. The van der Waals surface area contributed by atoms with Crippen molar-refractivity contribution in [2.45, 2.75) is 39.5 Å². The molecule has 0 aliphatic heterocycles. The van der Waals surface area contributed by atoms with E-state index < -0.39 is 0 Å². The lowest BCUT2D eigenvalue weighted by Gasteiger charge is -2.14. The maximum absolute atomic E-state index is 13.5. The first-order valence-corrected chi connectivity index (χ1v) is 5.46. The second-order valence-corrected chi connectivity index (χ2v) is 4.09. The molecule has 0 unspecified atom stereocenters. The molecule has 0 aromatic heterocycles. The number of ether oxygens (including phenoxy) is 1. The van der Waals surface area contributed by atoms with Gasteiger partial charge >= 0.3 is 0 Å². The zero-order valence-corrected chi connectivity index (χ0v) is 9.93. The highest BCUT2D eigenvalue weighted by Gasteiger charge is 2.12. The van der Waals surface area contributed by atoms with Crippen LogP contribution in [0.4, 0.5) is 4.39 Å². The Labute approximate surface area is 91.3 Å². The first-order valence-electron chi connectivity index (χ1n) is 5.46. The van der Waals surface area contributed by atoms with Gasteiger partial charge in [0.15, 0.2) is 11.6 Å². The highest BCUT2D eigenvalue weighted by Crippen LogP contribution is 2.28. The minimum Gasteiger partial charge on any atom is -0.494 e. The lowest BCUT2D eigenvalue weighted by molar-refractivity contribution is 0.385. The molecule has 0 aliphatic rings. The summed E-state index contributed by atoms with van der Waals surface area (Å²) in [5.74, 6) is 0.491. The van der Waals surface area contributed by atoms with Crippen molar-refractivity contribution in [3.8, 4) is 5.75 Å². The number of halogens is 1. The number of hydrogen-bond acceptors (Lipinski definition) is 1. The Morgan fingerprint density at radius 2 is 2.00 bits per heavy atom. The average Bonchev–Trinajstić information content (AvgIpc) is 2.18. The quantitative estimate of drug-likeness (QED) is 0.732. The lowest BCUT2D eigenvalue weighted by Crippen LogP contribution is -2.00. The van der Waals surface area contributed by atoms with Gasteiger partial charge in [-0.2, -0.15) is 0 Å². The normalized spacial score (nSPS) is 10.8. The van der Waals surface area contributed by atoms with Crippen molar-refractivity contribution in [1.29, 1.82) is 0 Å². The molecule has 0 radical (unpaired) electrons. The third-order valence-electron chi connectivity index (χ3n) is 2.55. The van der Waals surface area contributed by atoms with Crippen molar-refractivity contribution in [2.75, 3.05) is 7.11 Å². The van der Waals surface area contributed by atoms with Gasteiger partial charge in [0.05, 0.1) is 7.11 Å². The summed E-state index contributed by atoms with van der Waals surface area (Å²) < 4.78 is 18.5. The summed E-state index contributed by atoms with van der Waals surface area (Å²) in [5.41, 5.74) is 2.29. The van der Waals surface area contributed by atoms with Gasteiger partial charge in [-0.25, -0.2) is 4.39 Å². The number of rotatable bonds is 4. The second-order valence-electron chi connectivity index (χ2n) is 4.09. The van der Waals surface area contributed by atoms with Crippen LogP contribution in [0.15, 0.2) is 12.1 Å². The molecule has 0 N–H and O–H groups in total. The van der Waals surface area contributed by atoms with Gasteiger partial charge < -0.3 is 4.74 Å². The molecule has 0 bridgehead atoms. The van der Waals surface area contributed by atoms with Crippen molar-refractivity contribution in [3.63, 3.8) is 0 Å². The summed E-state index contributed by atoms with van der Waals surface area (Å²) in [6, 6.07) is 3.43. The minimum atomic E-state index is -0.259. The van der Waals surface area contributed by atoms with Gasteiger partial charge in [-0.3, -0.25) is 0 Å². The van der Waals surface area contributed by atoms with Gasteiger partial charge in [0.1, 0.15) is 0 Å². The Morgan fingerprint density at radius 3 is 2.47 bits per heavy atom. The van der Waals surface area contributed by atoms with Gasteiger partial charge in [-0.1, -0.05) is 27.2 Å². The summed E-state index contributed by atoms with van der Waals surface area (Å²) in [6.45, 7) is 6.34. The molecule has 1 aromatic rings. The zero-order chi connectivity index (χ0) is 11.4. The van der Waals surface area contributed by atoms with E-state index in [2.05, 4.69) is 20.8 Å². The molecule has 0 saturated heterocycles. The van der Waals surface area contributed by atoms with Crippen LogP contribution in [-0.4, -0.2) is 7.11 Å². The largest absolute Gasteiger partial charge is 0.494 e. The summed E-state index contributed by atoms with van der Waals surface area (Å²) >= 11 is 0. The molecule has 1 aromatic carbocycles. The Bertz CT molecular complexity index is 332. The number of aryl methyl sites for hydroxylation is 1. The van der Waals surface area contributed by atoms with Gasteiger partial charge in [0.25, 0.3) is 0 Å². The molecule has 1 nitrogen and oxygen atoms in total. The topological polar surface area (TPSA) is 9.23 Å². The fourth-order valence-electron chi connectivity index (χ4n) is 1.79. The molecule has 0 aliphatic carbocycles. The van der Waals surface area contributed by atoms with E-state index in [1.165, 1.54) is 12.7 Å². The Morgan fingerprint density at radius 1 is 1.33 bits per heavy atom. The summed E-state index contributed by atoms with van der Waals surface area (Å²) in [5, 5.41) is 0. The van der Waals surface area contributed by atoms with Crippen molar-refractivity contribution in [1.82, 2.24) is 0 Å². The van der Waals surface area contributed by atoms with Crippen LogP contribution >= 0.6 is 0 Å². The summed E-state index contributed by atoms with van der Waals surface area (Å²) in [4.78, 5) is 0. The molecule has 0 amide bonds. The predicted molar refractivity (Wildman–Crippen MR) is 61.0 cm³/mol. The molecular weight excluding hydrogens is 191 g/mol. The number of hydrogen-bond donors (Lipinski definition) is 0. The molecule has 0 fully saturated rings.